The molecule has 6 heteroatoms. The van der Waals surface area contributed by atoms with Crippen molar-refractivity contribution in [2.24, 2.45) is 0 Å². The maximum atomic E-state index is 13.1. The molecule has 30 heavy (non-hydrogen) atoms. The second kappa shape index (κ2) is 9.33. The van der Waals surface area contributed by atoms with Gasteiger partial charge in [-0.1, -0.05) is 48.5 Å². The van der Waals surface area contributed by atoms with Gasteiger partial charge in [-0.25, -0.2) is 0 Å². The smallest absolute Gasteiger partial charge is 0.246 e. The standard InChI is InChI=1S/C24H24N2O4/c1-28-19-11-7-10-18(14-19)26-24(27)23(17-8-3-2-4-9-17)25-15-20-16-29-21-12-5-6-13-22(21)30-20/h2-14,20,23,25H,15-16H2,1H3,(H,26,27)/t20-,23+/m0/s1. The van der Waals surface area contributed by atoms with E-state index in [1.165, 1.54) is 0 Å². The van der Waals surface area contributed by atoms with Crippen molar-refractivity contribution in [1.29, 1.82) is 0 Å². The zero-order valence-corrected chi connectivity index (χ0v) is 16.7. The summed E-state index contributed by atoms with van der Waals surface area (Å²) in [6.07, 6.45) is -0.198. The van der Waals surface area contributed by atoms with Gasteiger partial charge in [0.05, 0.1) is 7.11 Å². The molecule has 3 aromatic carbocycles. The summed E-state index contributed by atoms with van der Waals surface area (Å²) in [4.78, 5) is 13.1. The van der Waals surface area contributed by atoms with Crippen LogP contribution in [-0.2, 0) is 4.79 Å². The fourth-order valence-electron chi connectivity index (χ4n) is 3.34. The highest BCUT2D eigenvalue weighted by Gasteiger charge is 2.25. The highest BCUT2D eigenvalue weighted by Crippen LogP contribution is 2.31. The molecule has 4 rings (SSSR count). The molecule has 0 radical (unpaired) electrons. The summed E-state index contributed by atoms with van der Waals surface area (Å²) in [5.41, 5.74) is 1.54. The van der Waals surface area contributed by atoms with Gasteiger partial charge in [0.15, 0.2) is 11.5 Å². The number of benzene rings is 3. The minimum atomic E-state index is -0.543. The van der Waals surface area contributed by atoms with E-state index in [0.717, 1.165) is 11.3 Å². The van der Waals surface area contributed by atoms with Crippen LogP contribution in [0.25, 0.3) is 0 Å². The summed E-state index contributed by atoms with van der Waals surface area (Å²) in [6.45, 7) is 0.877. The van der Waals surface area contributed by atoms with Crippen molar-refractivity contribution in [3.63, 3.8) is 0 Å². The summed E-state index contributed by atoms with van der Waals surface area (Å²) in [6, 6.07) is 23.9. The Morgan fingerprint density at radius 1 is 1.03 bits per heavy atom. The zero-order valence-electron chi connectivity index (χ0n) is 16.7. The molecule has 1 amide bonds. The molecular weight excluding hydrogens is 380 g/mol. The van der Waals surface area contributed by atoms with Gasteiger partial charge in [-0.15, -0.1) is 0 Å². The molecule has 1 aliphatic rings. The Morgan fingerprint density at radius 3 is 2.60 bits per heavy atom. The number of anilines is 1. The number of fused-ring (bicyclic) bond motifs is 1. The van der Waals surface area contributed by atoms with E-state index in [4.69, 9.17) is 14.2 Å². The van der Waals surface area contributed by atoms with E-state index >= 15 is 0 Å². The van der Waals surface area contributed by atoms with E-state index in [9.17, 15) is 4.79 Å². The summed E-state index contributed by atoms with van der Waals surface area (Å²) < 4.78 is 17.0. The van der Waals surface area contributed by atoms with E-state index in [0.29, 0.717) is 30.3 Å². The predicted molar refractivity (Wildman–Crippen MR) is 115 cm³/mol. The van der Waals surface area contributed by atoms with Gasteiger partial charge in [0.1, 0.15) is 24.5 Å². The first-order chi connectivity index (χ1) is 14.7. The lowest BCUT2D eigenvalue weighted by Gasteiger charge is -2.28. The third-order valence-corrected chi connectivity index (χ3v) is 4.85. The Hall–Kier alpha value is -3.51. The molecule has 6 nitrogen and oxygen atoms in total. The second-order valence-corrected chi connectivity index (χ2v) is 6.97. The lowest BCUT2D eigenvalue weighted by atomic mass is 10.1. The normalized spacial score (nSPS) is 15.8. The number of hydrogen-bond donors (Lipinski definition) is 2. The molecule has 0 bridgehead atoms. The van der Waals surface area contributed by atoms with Crippen molar-refractivity contribution in [2.75, 3.05) is 25.6 Å². The van der Waals surface area contributed by atoms with Gasteiger partial charge in [0.25, 0.3) is 0 Å². The number of carbonyl (C=O) groups excluding carboxylic acids is 1. The summed E-state index contributed by atoms with van der Waals surface area (Å²) >= 11 is 0. The Labute approximate surface area is 175 Å². The highest BCUT2D eigenvalue weighted by atomic mass is 16.6. The van der Waals surface area contributed by atoms with Crippen LogP contribution in [0.5, 0.6) is 17.2 Å². The fraction of sp³-hybridized carbons (Fsp3) is 0.208. The SMILES string of the molecule is COc1cccc(NC(=O)[C@H](NC[C@H]2COc3ccccc3O2)c2ccccc2)c1. The van der Waals surface area contributed by atoms with Crippen LogP contribution in [0.1, 0.15) is 11.6 Å². The fourth-order valence-corrected chi connectivity index (χ4v) is 3.34. The number of hydrogen-bond acceptors (Lipinski definition) is 5. The van der Waals surface area contributed by atoms with Gasteiger partial charge >= 0.3 is 0 Å². The minimum Gasteiger partial charge on any atom is -0.497 e. The third kappa shape index (κ3) is 4.72. The molecule has 0 aliphatic carbocycles. The van der Waals surface area contributed by atoms with Crippen molar-refractivity contribution in [3.05, 3.63) is 84.4 Å². The van der Waals surface area contributed by atoms with E-state index in [1.54, 1.807) is 13.2 Å². The maximum Gasteiger partial charge on any atom is 0.246 e. The molecule has 0 spiro atoms. The zero-order chi connectivity index (χ0) is 20.8. The van der Waals surface area contributed by atoms with Gasteiger partial charge in [-0.05, 0) is 29.8 Å². The van der Waals surface area contributed by atoms with Crippen molar-refractivity contribution in [1.82, 2.24) is 5.32 Å². The highest BCUT2D eigenvalue weighted by molar-refractivity contribution is 5.95. The molecule has 0 fully saturated rings. The topological polar surface area (TPSA) is 68.8 Å². The molecule has 3 aromatic rings. The Bertz CT molecular complexity index is 993. The van der Waals surface area contributed by atoms with Crippen LogP contribution in [0.4, 0.5) is 5.69 Å². The van der Waals surface area contributed by atoms with E-state index in [1.807, 2.05) is 72.8 Å². The van der Waals surface area contributed by atoms with Crippen molar-refractivity contribution in [2.45, 2.75) is 12.1 Å². The minimum absolute atomic E-state index is 0.161. The van der Waals surface area contributed by atoms with Crippen molar-refractivity contribution in [3.8, 4) is 17.2 Å². The van der Waals surface area contributed by atoms with Crippen molar-refractivity contribution < 1.29 is 19.0 Å². The van der Waals surface area contributed by atoms with Crippen molar-refractivity contribution >= 4 is 11.6 Å². The van der Waals surface area contributed by atoms with E-state index in [2.05, 4.69) is 10.6 Å². The summed E-state index contributed by atoms with van der Waals surface area (Å²) in [5.74, 6) is 1.98. The number of amides is 1. The number of nitrogens with one attached hydrogen (secondary N) is 2. The lowest BCUT2D eigenvalue weighted by Crippen LogP contribution is -2.42. The van der Waals surface area contributed by atoms with Crippen LogP contribution in [0, 0.1) is 0 Å². The van der Waals surface area contributed by atoms with Crippen LogP contribution in [-0.4, -0.2) is 32.3 Å². The molecule has 0 aromatic heterocycles. The molecule has 1 heterocycles. The quantitative estimate of drug-likeness (QED) is 0.627. The first kappa shape index (κ1) is 19.8. The Morgan fingerprint density at radius 2 is 1.80 bits per heavy atom. The van der Waals surface area contributed by atoms with Gasteiger partial charge in [0, 0.05) is 18.3 Å². The molecule has 0 saturated carbocycles. The van der Waals surface area contributed by atoms with Crippen LogP contribution in [0.15, 0.2) is 78.9 Å². The van der Waals surface area contributed by atoms with Gasteiger partial charge in [0.2, 0.25) is 5.91 Å². The monoisotopic (exact) mass is 404 g/mol. The number of rotatable bonds is 7. The molecule has 2 N–H and O–H groups in total. The number of ether oxygens (including phenoxy) is 3. The Kier molecular flexibility index (Phi) is 6.15. The van der Waals surface area contributed by atoms with Crippen LogP contribution in [0.3, 0.4) is 0 Å². The number of methoxy groups -OCH3 is 1. The van der Waals surface area contributed by atoms with Gasteiger partial charge < -0.3 is 19.5 Å². The third-order valence-electron chi connectivity index (χ3n) is 4.85. The van der Waals surface area contributed by atoms with Crippen LogP contribution in [0.2, 0.25) is 0 Å². The van der Waals surface area contributed by atoms with E-state index in [-0.39, 0.29) is 12.0 Å². The lowest BCUT2D eigenvalue weighted by molar-refractivity contribution is -0.118. The molecule has 1 aliphatic heterocycles. The molecule has 2 atom stereocenters. The van der Waals surface area contributed by atoms with Gasteiger partial charge in [-0.2, -0.15) is 0 Å². The molecule has 0 saturated heterocycles. The molecule has 0 unspecified atom stereocenters. The second-order valence-electron chi connectivity index (χ2n) is 6.97. The van der Waals surface area contributed by atoms with Gasteiger partial charge in [-0.3, -0.25) is 10.1 Å². The number of para-hydroxylation sites is 2. The largest absolute Gasteiger partial charge is 0.497 e. The average molecular weight is 404 g/mol. The first-order valence-electron chi connectivity index (χ1n) is 9.84. The van der Waals surface area contributed by atoms with Crippen LogP contribution >= 0.6 is 0 Å². The molecule has 154 valence electrons. The first-order valence-corrected chi connectivity index (χ1v) is 9.84. The summed E-state index contributed by atoms with van der Waals surface area (Å²) in [7, 11) is 1.60. The average Bonchev–Trinajstić information content (AvgIpc) is 2.80. The molecular formula is C24H24N2O4. The maximum absolute atomic E-state index is 13.1. The number of carbonyl (C=O) groups is 1. The Balaban J connectivity index is 1.46. The van der Waals surface area contributed by atoms with E-state index < -0.39 is 6.04 Å². The summed E-state index contributed by atoms with van der Waals surface area (Å²) in [5, 5.41) is 6.30. The van der Waals surface area contributed by atoms with Crippen LogP contribution < -0.4 is 24.8 Å². The predicted octanol–water partition coefficient (Wildman–Crippen LogP) is 3.80.